The molecule has 4 rings (SSSR count). The van der Waals surface area contributed by atoms with Gasteiger partial charge in [0.2, 0.25) is 5.91 Å². The average Bonchev–Trinajstić information content (AvgIpc) is 2.90. The van der Waals surface area contributed by atoms with Crippen molar-refractivity contribution in [2.75, 3.05) is 34.0 Å². The molecule has 0 spiro atoms. The van der Waals surface area contributed by atoms with Crippen molar-refractivity contribution in [1.29, 1.82) is 0 Å². The van der Waals surface area contributed by atoms with Gasteiger partial charge in [0.25, 0.3) is 0 Å². The molecule has 0 aromatic heterocycles. The zero-order chi connectivity index (χ0) is 25.0. The second-order valence-corrected chi connectivity index (χ2v) is 7.76. The van der Waals surface area contributed by atoms with E-state index in [-0.39, 0.29) is 43.6 Å². The minimum Gasteiger partial charge on any atom is -1.00 e. The van der Waals surface area contributed by atoms with Crippen molar-refractivity contribution in [3.05, 3.63) is 47.5 Å². The normalized spacial score (nSPS) is 14.0. The summed E-state index contributed by atoms with van der Waals surface area (Å²) in [5, 5.41) is 8.38. The van der Waals surface area contributed by atoms with Crippen LogP contribution in [-0.2, 0) is 4.79 Å². The monoisotopic (exact) mass is 520 g/mol. The number of carbonyl (C=O) groups excluding carboxylic acids is 1. The third-order valence-corrected chi connectivity index (χ3v) is 5.41. The van der Waals surface area contributed by atoms with Gasteiger partial charge in [0.15, 0.2) is 40.4 Å². The van der Waals surface area contributed by atoms with Gasteiger partial charge in [-0.15, -0.1) is 0 Å². The molecule has 2 aliphatic rings. The molecule has 0 saturated heterocycles. The van der Waals surface area contributed by atoms with E-state index in [1.807, 2.05) is 50.2 Å². The molecule has 11 heteroatoms. The molecule has 9 nitrogen and oxygen atoms in total. The molecule has 2 aliphatic heterocycles. The van der Waals surface area contributed by atoms with E-state index in [4.69, 9.17) is 18.9 Å². The molecule has 196 valence electrons. The van der Waals surface area contributed by atoms with Gasteiger partial charge in [-0.25, -0.2) is 5.43 Å². The van der Waals surface area contributed by atoms with Crippen LogP contribution in [0.3, 0.4) is 0 Å². The van der Waals surface area contributed by atoms with Gasteiger partial charge in [-0.1, -0.05) is 0 Å². The van der Waals surface area contributed by atoms with Gasteiger partial charge in [0.05, 0.1) is 38.9 Å². The summed E-state index contributed by atoms with van der Waals surface area (Å²) in [7, 11) is 3.26. The Kier molecular flexibility index (Phi) is 14.9. The van der Waals surface area contributed by atoms with Gasteiger partial charge in [-0.3, -0.25) is 4.79 Å². The third kappa shape index (κ3) is 9.32. The number of carbonyl (C=O) groups is 1. The number of rotatable bonds is 8. The first kappa shape index (κ1) is 32.4. The van der Waals surface area contributed by atoms with Crippen LogP contribution >= 0.6 is 0 Å². The number of nitrogens with zero attached hydrogens (tertiary/aromatic N) is 2. The Morgan fingerprint density at radius 3 is 1.76 bits per heavy atom. The molecule has 0 unspecified atom stereocenters. The minimum atomic E-state index is -0.0442. The molecular formula is C26H38AlLiN4O5. The van der Waals surface area contributed by atoms with E-state index in [2.05, 4.69) is 21.1 Å². The Morgan fingerprint density at radius 1 is 0.811 bits per heavy atom. The second kappa shape index (κ2) is 17.0. The van der Waals surface area contributed by atoms with E-state index >= 15 is 0 Å². The molecule has 0 radical (unpaired) electrons. The van der Waals surface area contributed by atoms with E-state index in [9.17, 15) is 4.79 Å². The SMILES string of the molecule is CCOc1cc(C2=NNC(=O)CC2)ccc1OC.CCOc1cc(C2=NNCCC2)ccc1OC.[AlH3].[H-].[Li+]. The molecular weight excluding hydrogens is 482 g/mol. The van der Waals surface area contributed by atoms with Gasteiger partial charge in [-0.05, 0) is 63.1 Å². The number of amides is 1. The fraction of sp³-hybridized carbons (Fsp3) is 0.423. The van der Waals surface area contributed by atoms with Crippen LogP contribution in [-0.4, -0.2) is 68.7 Å². The number of hydrazone groups is 2. The van der Waals surface area contributed by atoms with E-state index in [0.717, 1.165) is 53.4 Å². The molecule has 0 fully saturated rings. The largest absolute Gasteiger partial charge is 1.00 e. The summed E-state index contributed by atoms with van der Waals surface area (Å²) in [4.78, 5) is 11.0. The van der Waals surface area contributed by atoms with Crippen LogP contribution < -0.4 is 48.7 Å². The topological polar surface area (TPSA) is 103 Å². The molecule has 0 aliphatic carbocycles. The van der Waals surface area contributed by atoms with Crippen LogP contribution in [0.5, 0.6) is 23.0 Å². The standard InChI is InChI=1S/C13H16N2O3.C13H18N2O2.Al.Li.4H/c1-3-18-12-8-9(4-6-11(12)17-2)10-5-7-13(16)15-14-10;1-3-17-13-9-10(6-7-12(13)16-2)11-5-4-8-14-15-11;;;;;;/h4,6,8H,3,5,7H2,1-2H3,(H,15,16);6-7,9,14H,3-5,8H2,1-2H3;;;;;;/q;;;+1;;;;-1. The number of methoxy groups -OCH3 is 2. The van der Waals surface area contributed by atoms with Crippen LogP contribution in [0, 0.1) is 0 Å². The number of ether oxygens (including phenoxy) is 4. The van der Waals surface area contributed by atoms with Gasteiger partial charge < -0.3 is 25.8 Å². The zero-order valence-electron chi connectivity index (χ0n) is 22.8. The molecule has 2 aromatic rings. The van der Waals surface area contributed by atoms with E-state index in [0.29, 0.717) is 37.6 Å². The Labute approximate surface area is 243 Å². The van der Waals surface area contributed by atoms with E-state index in [1.54, 1.807) is 14.2 Å². The summed E-state index contributed by atoms with van der Waals surface area (Å²) < 4.78 is 21.6. The van der Waals surface area contributed by atoms with Gasteiger partial charge >= 0.3 is 18.9 Å². The first-order valence-electron chi connectivity index (χ1n) is 11.9. The van der Waals surface area contributed by atoms with Gasteiger partial charge in [0, 0.05) is 30.5 Å². The second-order valence-electron chi connectivity index (χ2n) is 7.76. The average molecular weight is 521 g/mol. The molecule has 2 N–H and O–H groups in total. The van der Waals surface area contributed by atoms with Crippen molar-refractivity contribution >= 4 is 34.7 Å². The smallest absolute Gasteiger partial charge is 1.00 e. The summed E-state index contributed by atoms with van der Waals surface area (Å²) in [6.45, 7) is 6.04. The predicted octanol–water partition coefficient (Wildman–Crippen LogP) is -0.178. The minimum absolute atomic E-state index is 0. The van der Waals surface area contributed by atoms with E-state index < -0.39 is 0 Å². The molecule has 2 aromatic carbocycles. The molecule has 1 amide bonds. The summed E-state index contributed by atoms with van der Waals surface area (Å²) in [6, 6.07) is 11.6. The number of hydrogen-bond acceptors (Lipinski definition) is 8. The quantitative estimate of drug-likeness (QED) is 0.469. The summed E-state index contributed by atoms with van der Waals surface area (Å²) in [5.74, 6) is 2.89. The predicted molar refractivity (Wildman–Crippen MR) is 147 cm³/mol. The number of hydrogen-bond donors (Lipinski definition) is 2. The number of benzene rings is 2. The maximum Gasteiger partial charge on any atom is 1.00 e. The molecule has 0 saturated carbocycles. The van der Waals surface area contributed by atoms with Crippen molar-refractivity contribution in [2.24, 2.45) is 10.2 Å². The van der Waals surface area contributed by atoms with Gasteiger partial charge in [0.1, 0.15) is 0 Å². The Bertz CT molecular complexity index is 1090. The third-order valence-electron chi connectivity index (χ3n) is 5.41. The maximum atomic E-state index is 11.0. The van der Waals surface area contributed by atoms with Crippen LogP contribution in [0.25, 0.3) is 0 Å². The van der Waals surface area contributed by atoms with Crippen LogP contribution in [0.1, 0.15) is 52.1 Å². The first-order valence-corrected chi connectivity index (χ1v) is 11.9. The van der Waals surface area contributed by atoms with E-state index in [1.165, 1.54) is 0 Å². The van der Waals surface area contributed by atoms with Crippen molar-refractivity contribution < 1.29 is 44.0 Å². The van der Waals surface area contributed by atoms with Crippen molar-refractivity contribution in [1.82, 2.24) is 10.9 Å². The fourth-order valence-corrected chi connectivity index (χ4v) is 3.68. The maximum absolute atomic E-state index is 11.0. The fourth-order valence-electron chi connectivity index (χ4n) is 3.68. The van der Waals surface area contributed by atoms with Crippen molar-refractivity contribution in [2.45, 2.75) is 39.5 Å². The Morgan fingerprint density at radius 2 is 1.35 bits per heavy atom. The zero-order valence-corrected chi connectivity index (χ0v) is 21.8. The van der Waals surface area contributed by atoms with Crippen LogP contribution in [0.15, 0.2) is 46.6 Å². The van der Waals surface area contributed by atoms with Crippen molar-refractivity contribution in [3.8, 4) is 23.0 Å². The van der Waals surface area contributed by atoms with Crippen molar-refractivity contribution in [3.63, 3.8) is 0 Å². The summed E-state index contributed by atoms with van der Waals surface area (Å²) in [6.07, 6.45) is 3.23. The molecule has 37 heavy (non-hydrogen) atoms. The number of nitrogens with one attached hydrogen (secondary N) is 2. The van der Waals surface area contributed by atoms with Crippen LogP contribution in [0.2, 0.25) is 0 Å². The Balaban J connectivity index is 0.000000669. The summed E-state index contributed by atoms with van der Waals surface area (Å²) in [5.41, 5.74) is 9.50. The molecule has 0 bridgehead atoms. The first-order chi connectivity index (χ1) is 17.1. The van der Waals surface area contributed by atoms with Crippen LogP contribution in [0.4, 0.5) is 0 Å². The summed E-state index contributed by atoms with van der Waals surface area (Å²) >= 11 is 0. The molecule has 2 heterocycles. The van der Waals surface area contributed by atoms with Gasteiger partial charge in [-0.2, -0.15) is 10.2 Å². The molecule has 0 atom stereocenters. The Hall–Kier alpha value is -2.62.